The van der Waals surface area contributed by atoms with Crippen LogP contribution in [0.1, 0.15) is 23.2 Å². The molecule has 27 heavy (non-hydrogen) atoms. The number of rotatable bonds is 5. The third-order valence-electron chi connectivity index (χ3n) is 4.31. The Morgan fingerprint density at radius 2 is 1.67 bits per heavy atom. The number of benzene rings is 2. The van der Waals surface area contributed by atoms with Crippen molar-refractivity contribution in [2.75, 3.05) is 29.1 Å². The Bertz CT molecular complexity index is 892. The molecular formula is C19H21FN2O4S. The number of carbonyl (C=O) groups is 1. The lowest BCUT2D eigenvalue weighted by molar-refractivity contribution is 0.0772. The fourth-order valence-corrected chi connectivity index (χ4v) is 3.64. The highest BCUT2D eigenvalue weighted by atomic mass is 32.2. The van der Waals surface area contributed by atoms with E-state index in [0.717, 1.165) is 6.26 Å². The molecule has 0 radical (unpaired) electrons. The lowest BCUT2D eigenvalue weighted by atomic mass is 10.0. The molecule has 6 nitrogen and oxygen atoms in total. The first-order valence-electron chi connectivity index (χ1n) is 8.58. The smallest absolute Gasteiger partial charge is 0.258 e. The first-order valence-corrected chi connectivity index (χ1v) is 10.5. The van der Waals surface area contributed by atoms with Crippen LogP contribution in [0.25, 0.3) is 0 Å². The van der Waals surface area contributed by atoms with Crippen LogP contribution in [0, 0.1) is 5.82 Å². The van der Waals surface area contributed by atoms with Crippen molar-refractivity contribution < 1.29 is 22.3 Å². The molecule has 0 saturated carbocycles. The van der Waals surface area contributed by atoms with Gasteiger partial charge in [0.25, 0.3) is 5.91 Å². The monoisotopic (exact) mass is 392 g/mol. The summed E-state index contributed by atoms with van der Waals surface area (Å²) in [5.74, 6) is -0.633. The fraction of sp³-hybridized carbons (Fsp3) is 0.316. The van der Waals surface area contributed by atoms with Gasteiger partial charge in [-0.2, -0.15) is 0 Å². The average molecular weight is 392 g/mol. The van der Waals surface area contributed by atoms with Crippen LogP contribution in [0.3, 0.4) is 0 Å². The van der Waals surface area contributed by atoms with Gasteiger partial charge in [0, 0.05) is 36.2 Å². The number of sulfonamides is 1. The zero-order chi connectivity index (χ0) is 19.4. The maximum Gasteiger partial charge on any atom is 0.258 e. The number of nitrogens with one attached hydrogen (secondary N) is 1. The van der Waals surface area contributed by atoms with Crippen LogP contribution in [-0.2, 0) is 14.8 Å². The Labute approximate surface area is 158 Å². The summed E-state index contributed by atoms with van der Waals surface area (Å²) >= 11 is 0. The molecule has 1 aliphatic heterocycles. The van der Waals surface area contributed by atoms with Crippen LogP contribution in [0.2, 0.25) is 0 Å². The van der Waals surface area contributed by atoms with E-state index in [1.807, 2.05) is 0 Å². The van der Waals surface area contributed by atoms with Crippen molar-refractivity contribution >= 4 is 27.3 Å². The van der Waals surface area contributed by atoms with E-state index in [4.69, 9.17) is 4.74 Å². The van der Waals surface area contributed by atoms with E-state index in [1.54, 1.807) is 29.2 Å². The molecule has 1 saturated heterocycles. The third-order valence-corrected chi connectivity index (χ3v) is 4.92. The van der Waals surface area contributed by atoms with Crippen molar-refractivity contribution in [1.82, 2.24) is 0 Å². The zero-order valence-electron chi connectivity index (χ0n) is 14.9. The molecule has 1 amide bonds. The largest absolute Gasteiger partial charge is 0.381 e. The molecule has 8 heteroatoms. The number of amides is 1. The minimum atomic E-state index is -3.38. The molecule has 0 aliphatic carbocycles. The molecule has 1 heterocycles. The van der Waals surface area contributed by atoms with Gasteiger partial charge in [-0.15, -0.1) is 0 Å². The van der Waals surface area contributed by atoms with Gasteiger partial charge < -0.3 is 9.64 Å². The molecule has 2 aromatic rings. The molecule has 1 fully saturated rings. The highest BCUT2D eigenvalue weighted by molar-refractivity contribution is 7.92. The summed E-state index contributed by atoms with van der Waals surface area (Å²) < 4.78 is 43.7. The average Bonchev–Trinajstić information content (AvgIpc) is 2.63. The van der Waals surface area contributed by atoms with Crippen LogP contribution in [-0.4, -0.2) is 39.8 Å². The summed E-state index contributed by atoms with van der Waals surface area (Å²) in [5, 5.41) is 0. The van der Waals surface area contributed by atoms with Crippen molar-refractivity contribution in [3.05, 3.63) is 59.9 Å². The normalized spacial score (nSPS) is 15.3. The van der Waals surface area contributed by atoms with Crippen LogP contribution in [0.15, 0.2) is 48.5 Å². The molecule has 144 valence electrons. The second-order valence-corrected chi connectivity index (χ2v) is 8.20. The van der Waals surface area contributed by atoms with Gasteiger partial charge in [-0.25, -0.2) is 12.8 Å². The highest BCUT2D eigenvalue weighted by Gasteiger charge is 2.28. The van der Waals surface area contributed by atoms with Crippen molar-refractivity contribution in [3.8, 4) is 0 Å². The molecule has 2 aromatic carbocycles. The first-order chi connectivity index (χ1) is 12.8. The van der Waals surface area contributed by atoms with Gasteiger partial charge in [0.1, 0.15) is 5.82 Å². The Hall–Kier alpha value is -2.45. The standard InChI is InChI=1S/C19H21FN2O4S/c1-27(24,25)21-16-6-8-17(9-7-16)22(18-10-12-26-13-11-18)19(23)14-2-4-15(20)5-3-14/h2-9,18,21H,10-13H2,1H3. The summed E-state index contributed by atoms with van der Waals surface area (Å²) in [7, 11) is -3.38. The lowest BCUT2D eigenvalue weighted by Gasteiger charge is -2.34. The number of ether oxygens (including phenoxy) is 1. The second-order valence-electron chi connectivity index (χ2n) is 6.45. The first kappa shape index (κ1) is 19.3. The topological polar surface area (TPSA) is 75.7 Å². The van der Waals surface area contributed by atoms with Crippen LogP contribution in [0.4, 0.5) is 15.8 Å². The van der Waals surface area contributed by atoms with Crippen molar-refractivity contribution in [3.63, 3.8) is 0 Å². The van der Waals surface area contributed by atoms with Crippen molar-refractivity contribution in [1.29, 1.82) is 0 Å². The predicted molar refractivity (Wildman–Crippen MR) is 102 cm³/mol. The number of hydrogen-bond acceptors (Lipinski definition) is 4. The van der Waals surface area contributed by atoms with Crippen LogP contribution < -0.4 is 9.62 Å². The maximum absolute atomic E-state index is 13.2. The van der Waals surface area contributed by atoms with Gasteiger partial charge >= 0.3 is 0 Å². The minimum absolute atomic E-state index is 0.0509. The molecule has 0 aromatic heterocycles. The van der Waals surface area contributed by atoms with Gasteiger partial charge in [0.15, 0.2) is 0 Å². The number of halogens is 1. The number of carbonyl (C=O) groups excluding carboxylic acids is 1. The minimum Gasteiger partial charge on any atom is -0.381 e. The molecule has 1 aliphatic rings. The second kappa shape index (κ2) is 8.06. The maximum atomic E-state index is 13.2. The molecule has 3 rings (SSSR count). The van der Waals surface area contributed by atoms with Crippen molar-refractivity contribution in [2.24, 2.45) is 0 Å². The molecule has 1 N–H and O–H groups in total. The van der Waals surface area contributed by atoms with Gasteiger partial charge in [-0.1, -0.05) is 0 Å². The molecule has 0 atom stereocenters. The Morgan fingerprint density at radius 3 is 2.22 bits per heavy atom. The molecule has 0 spiro atoms. The van der Waals surface area contributed by atoms with E-state index in [-0.39, 0.29) is 11.9 Å². The number of nitrogens with zero attached hydrogens (tertiary/aromatic N) is 1. The van der Waals surface area contributed by atoms with Crippen molar-refractivity contribution in [2.45, 2.75) is 18.9 Å². The summed E-state index contributed by atoms with van der Waals surface area (Å²) in [4.78, 5) is 14.8. The van der Waals surface area contributed by atoms with Gasteiger partial charge in [0.05, 0.1) is 6.26 Å². The highest BCUT2D eigenvalue weighted by Crippen LogP contribution is 2.27. The molecular weight excluding hydrogens is 371 g/mol. The Morgan fingerprint density at radius 1 is 1.07 bits per heavy atom. The fourth-order valence-electron chi connectivity index (χ4n) is 3.07. The van der Waals surface area contributed by atoms with Gasteiger partial charge in [-0.05, 0) is 61.4 Å². The number of hydrogen-bond donors (Lipinski definition) is 1. The summed E-state index contributed by atoms with van der Waals surface area (Å²) in [6.07, 6.45) is 2.46. The van der Waals surface area contributed by atoms with E-state index in [1.165, 1.54) is 24.3 Å². The van der Waals surface area contributed by atoms with Crippen LogP contribution in [0.5, 0.6) is 0 Å². The van der Waals surface area contributed by atoms with Crippen LogP contribution >= 0.6 is 0 Å². The SMILES string of the molecule is CS(=O)(=O)Nc1ccc(N(C(=O)c2ccc(F)cc2)C2CCOCC2)cc1. The zero-order valence-corrected chi connectivity index (χ0v) is 15.7. The third kappa shape index (κ3) is 5.05. The van der Waals surface area contributed by atoms with E-state index in [0.29, 0.717) is 43.0 Å². The summed E-state index contributed by atoms with van der Waals surface area (Å²) in [5.41, 5.74) is 1.46. The molecule has 0 unspecified atom stereocenters. The Kier molecular flexibility index (Phi) is 5.76. The van der Waals surface area contributed by atoms with E-state index < -0.39 is 15.8 Å². The summed E-state index contributed by atoms with van der Waals surface area (Å²) in [6.45, 7) is 1.12. The summed E-state index contributed by atoms with van der Waals surface area (Å²) in [6, 6.07) is 12.0. The van der Waals surface area contributed by atoms with Gasteiger partial charge in [0.2, 0.25) is 10.0 Å². The van der Waals surface area contributed by atoms with E-state index in [2.05, 4.69) is 4.72 Å². The van der Waals surface area contributed by atoms with E-state index >= 15 is 0 Å². The predicted octanol–water partition coefficient (Wildman–Crippen LogP) is 3.02. The quantitative estimate of drug-likeness (QED) is 0.849. The Balaban J connectivity index is 1.91. The lowest BCUT2D eigenvalue weighted by Crippen LogP contribution is -2.43. The number of anilines is 2. The van der Waals surface area contributed by atoms with E-state index in [9.17, 15) is 17.6 Å². The molecule has 0 bridgehead atoms. The van der Waals surface area contributed by atoms with Gasteiger partial charge in [-0.3, -0.25) is 9.52 Å².